The second kappa shape index (κ2) is 16.0. The first-order valence-corrected chi connectivity index (χ1v) is 16.4. The summed E-state index contributed by atoms with van der Waals surface area (Å²) in [5.41, 5.74) is 5.40. The minimum Gasteiger partial charge on any atom is -0.481 e. The molecule has 2 aromatic carbocycles. The largest absolute Gasteiger partial charge is 0.481 e. The number of hydrogen-bond acceptors (Lipinski definition) is 10. The molecule has 0 unspecified atom stereocenters. The van der Waals surface area contributed by atoms with Crippen LogP contribution in [-0.4, -0.2) is 66.8 Å². The first-order valence-electron chi connectivity index (χ1n) is 15.6. The number of aromatic amines is 2. The van der Waals surface area contributed by atoms with E-state index in [1.807, 2.05) is 60.7 Å². The van der Waals surface area contributed by atoms with Crippen molar-refractivity contribution in [3.05, 3.63) is 115 Å². The molecule has 0 aliphatic rings. The van der Waals surface area contributed by atoms with E-state index in [0.717, 1.165) is 33.4 Å². The van der Waals surface area contributed by atoms with Gasteiger partial charge in [0.25, 0.3) is 0 Å². The van der Waals surface area contributed by atoms with Crippen LogP contribution in [0.15, 0.2) is 82.9 Å². The van der Waals surface area contributed by atoms with Gasteiger partial charge in [-0.1, -0.05) is 71.7 Å². The van der Waals surface area contributed by atoms with Gasteiger partial charge in [0.15, 0.2) is 0 Å². The van der Waals surface area contributed by atoms with Crippen molar-refractivity contribution in [3.8, 4) is 45.4 Å². The topological polar surface area (TPSA) is 170 Å². The van der Waals surface area contributed by atoms with Crippen LogP contribution in [0.2, 0.25) is 10.0 Å². The molecule has 0 atom stereocenters. The van der Waals surface area contributed by atoms with Gasteiger partial charge in [0, 0.05) is 72.6 Å². The highest BCUT2D eigenvalue weighted by molar-refractivity contribution is 6.39. The van der Waals surface area contributed by atoms with Crippen molar-refractivity contribution in [1.29, 1.82) is 0 Å². The molecular formula is C34H34Cl2N10O4. The molecule has 0 spiro atoms. The lowest BCUT2D eigenvalue weighted by Crippen LogP contribution is -2.25. The zero-order valence-corrected chi connectivity index (χ0v) is 28.8. The summed E-state index contributed by atoms with van der Waals surface area (Å²) in [6, 6.07) is 19.1. The summed E-state index contributed by atoms with van der Waals surface area (Å²) < 4.78 is 14.2. The number of ether oxygens (including phenoxy) is 2. The highest BCUT2D eigenvalue weighted by Gasteiger charge is 2.18. The number of aromatic nitrogens is 8. The number of nitrogens with one attached hydrogen (secondary N) is 4. The molecule has 6 rings (SSSR count). The number of methoxy groups -OCH3 is 2. The summed E-state index contributed by atoms with van der Waals surface area (Å²) in [7, 11) is 3.14. The first-order chi connectivity index (χ1) is 24.4. The fraction of sp³-hybridized carbons (Fsp3) is 0.235. The maximum atomic E-state index is 11.7. The van der Waals surface area contributed by atoms with E-state index in [4.69, 9.17) is 42.6 Å². The van der Waals surface area contributed by atoms with Crippen LogP contribution in [0, 0.1) is 0 Å². The zero-order chi connectivity index (χ0) is 35.0. The molecule has 0 amide bonds. The molecule has 6 aromatic rings. The number of benzene rings is 2. The standard InChI is InChI=1S/C34H34Cl2N10O4/c1-49-31-21(17-37-13-15-45-19-39-43-33(45)47)9-11-27(41-31)25-7-3-5-23(29(25)35)24-6-4-8-26(30(24)36)28-12-10-22(32(42-28)50-2)18-38-14-16-46-20-40-44-34(46)48/h3-12,19-20,37-38H,13-18H2,1-2H3,(H,43,47)(H,44,48). The smallest absolute Gasteiger partial charge is 0.343 e. The van der Waals surface area contributed by atoms with Crippen LogP contribution in [0.4, 0.5) is 0 Å². The summed E-state index contributed by atoms with van der Waals surface area (Å²) in [4.78, 5) is 32.8. The van der Waals surface area contributed by atoms with Crippen LogP contribution < -0.4 is 31.5 Å². The molecule has 4 heterocycles. The highest BCUT2D eigenvalue weighted by atomic mass is 35.5. The second-order valence-electron chi connectivity index (χ2n) is 11.1. The van der Waals surface area contributed by atoms with Gasteiger partial charge >= 0.3 is 11.4 Å². The van der Waals surface area contributed by atoms with Gasteiger partial charge in [0.2, 0.25) is 11.8 Å². The summed E-state index contributed by atoms with van der Waals surface area (Å²) >= 11 is 14.1. The summed E-state index contributed by atoms with van der Waals surface area (Å²) in [5.74, 6) is 0.924. The average Bonchev–Trinajstić information content (AvgIpc) is 3.75. The van der Waals surface area contributed by atoms with Crippen molar-refractivity contribution in [2.45, 2.75) is 26.2 Å². The molecule has 4 aromatic heterocycles. The summed E-state index contributed by atoms with van der Waals surface area (Å²) in [5, 5.41) is 19.8. The molecule has 16 heteroatoms. The molecule has 4 N–H and O–H groups in total. The third-order valence-electron chi connectivity index (χ3n) is 8.03. The first kappa shape index (κ1) is 34.6. The number of H-pyrrole nitrogens is 2. The van der Waals surface area contributed by atoms with Gasteiger partial charge in [-0.05, 0) is 12.1 Å². The molecule has 50 heavy (non-hydrogen) atoms. The van der Waals surface area contributed by atoms with Gasteiger partial charge in [0.1, 0.15) is 12.7 Å². The number of nitrogens with zero attached hydrogens (tertiary/aromatic N) is 6. The van der Waals surface area contributed by atoms with E-state index in [0.29, 0.717) is 72.5 Å². The van der Waals surface area contributed by atoms with Crippen molar-refractivity contribution in [2.75, 3.05) is 27.3 Å². The molecule has 14 nitrogen and oxygen atoms in total. The molecule has 0 fully saturated rings. The molecule has 0 saturated heterocycles. The lowest BCUT2D eigenvalue weighted by atomic mass is 9.98. The Labute approximate surface area is 296 Å². The Kier molecular flexibility index (Phi) is 11.0. The zero-order valence-electron chi connectivity index (χ0n) is 27.2. The highest BCUT2D eigenvalue weighted by Crippen LogP contribution is 2.42. The minimum absolute atomic E-state index is 0.252. The Morgan fingerprint density at radius 3 is 1.44 bits per heavy atom. The Bertz CT molecular complexity index is 2060. The van der Waals surface area contributed by atoms with Crippen molar-refractivity contribution in [1.82, 2.24) is 50.1 Å². The lowest BCUT2D eigenvalue weighted by molar-refractivity contribution is 0.390. The average molecular weight is 718 g/mol. The molecule has 0 aliphatic heterocycles. The van der Waals surface area contributed by atoms with Gasteiger partial charge < -0.3 is 20.1 Å². The van der Waals surface area contributed by atoms with E-state index < -0.39 is 0 Å². The number of halogens is 2. The molecular weight excluding hydrogens is 683 g/mol. The third-order valence-corrected chi connectivity index (χ3v) is 8.85. The molecule has 258 valence electrons. The van der Waals surface area contributed by atoms with Crippen LogP contribution in [-0.2, 0) is 26.2 Å². The molecule has 0 aliphatic carbocycles. The van der Waals surface area contributed by atoms with E-state index in [-0.39, 0.29) is 11.4 Å². The van der Waals surface area contributed by atoms with Crippen molar-refractivity contribution in [2.24, 2.45) is 0 Å². The maximum Gasteiger partial charge on any atom is 0.343 e. The monoisotopic (exact) mass is 716 g/mol. The third kappa shape index (κ3) is 7.63. The van der Waals surface area contributed by atoms with E-state index in [9.17, 15) is 9.59 Å². The van der Waals surface area contributed by atoms with Crippen molar-refractivity contribution >= 4 is 23.2 Å². The van der Waals surface area contributed by atoms with Gasteiger partial charge in [-0.15, -0.1) is 0 Å². The van der Waals surface area contributed by atoms with Crippen LogP contribution >= 0.6 is 23.2 Å². The van der Waals surface area contributed by atoms with Gasteiger partial charge in [-0.2, -0.15) is 10.2 Å². The van der Waals surface area contributed by atoms with Gasteiger partial charge in [0.05, 0.1) is 35.7 Å². The molecule has 0 radical (unpaired) electrons. The minimum atomic E-state index is -0.252. The van der Waals surface area contributed by atoms with Gasteiger partial charge in [-0.25, -0.2) is 29.8 Å². The van der Waals surface area contributed by atoms with E-state index in [1.165, 1.54) is 21.8 Å². The van der Waals surface area contributed by atoms with E-state index in [2.05, 4.69) is 31.0 Å². The Morgan fingerprint density at radius 2 is 1.06 bits per heavy atom. The summed E-state index contributed by atoms with van der Waals surface area (Å²) in [6.07, 6.45) is 2.93. The van der Waals surface area contributed by atoms with Gasteiger partial charge in [-0.3, -0.25) is 9.13 Å². The quantitative estimate of drug-likeness (QED) is 0.113. The lowest BCUT2D eigenvalue weighted by Gasteiger charge is -2.15. The predicted molar refractivity (Wildman–Crippen MR) is 191 cm³/mol. The SMILES string of the molecule is COc1nc(-c2cccc(-c3cccc(-c4ccc(CNCCn5cn[nH]c5=O)c(OC)n4)c3Cl)c2Cl)ccc1CNCCn1cn[nH]c1=O. The fourth-order valence-corrected chi connectivity index (χ4v) is 6.09. The predicted octanol–water partition coefficient (Wildman–Crippen LogP) is 4.15. The Hall–Kier alpha value is -5.28. The molecule has 0 bridgehead atoms. The van der Waals surface area contributed by atoms with E-state index >= 15 is 0 Å². The maximum absolute atomic E-state index is 11.7. The van der Waals surface area contributed by atoms with E-state index in [1.54, 1.807) is 14.2 Å². The van der Waals surface area contributed by atoms with Crippen molar-refractivity contribution < 1.29 is 9.47 Å². The second-order valence-corrected chi connectivity index (χ2v) is 11.9. The van der Waals surface area contributed by atoms with Crippen LogP contribution in [0.3, 0.4) is 0 Å². The number of hydrogen-bond donors (Lipinski definition) is 4. The number of pyridine rings is 2. The van der Waals surface area contributed by atoms with Crippen LogP contribution in [0.25, 0.3) is 33.6 Å². The normalized spacial score (nSPS) is 11.2. The molecule has 0 saturated carbocycles. The van der Waals surface area contributed by atoms with Crippen LogP contribution in [0.1, 0.15) is 11.1 Å². The van der Waals surface area contributed by atoms with Crippen LogP contribution in [0.5, 0.6) is 11.8 Å². The number of rotatable bonds is 15. The van der Waals surface area contributed by atoms with Crippen molar-refractivity contribution in [3.63, 3.8) is 0 Å². The summed E-state index contributed by atoms with van der Waals surface area (Å²) in [6.45, 7) is 3.04. The Morgan fingerprint density at radius 1 is 0.640 bits per heavy atom. The fourth-order valence-electron chi connectivity index (χ4n) is 5.44. The Balaban J connectivity index is 1.19.